The number of amides is 3. The summed E-state index contributed by atoms with van der Waals surface area (Å²) in [5.74, 6) is 0.345. The minimum Gasteiger partial charge on any atom is -0.497 e. The summed E-state index contributed by atoms with van der Waals surface area (Å²) in [7, 11) is 1.58. The number of urea groups is 1. The van der Waals surface area contributed by atoms with Gasteiger partial charge >= 0.3 is 6.03 Å². The van der Waals surface area contributed by atoms with Crippen LogP contribution in [0, 0.1) is 0 Å². The first-order valence-corrected chi connectivity index (χ1v) is 11.1. The smallest absolute Gasteiger partial charge is 0.333 e. The Kier molecular flexibility index (Phi) is 5.60. The first-order chi connectivity index (χ1) is 16.7. The van der Waals surface area contributed by atoms with E-state index in [-0.39, 0.29) is 18.5 Å². The maximum Gasteiger partial charge on any atom is 0.333 e. The van der Waals surface area contributed by atoms with Crippen molar-refractivity contribution in [3.8, 4) is 5.75 Å². The minimum absolute atomic E-state index is 0.280. The van der Waals surface area contributed by atoms with Gasteiger partial charge in [0, 0.05) is 6.54 Å². The molecule has 4 aromatic rings. The van der Waals surface area contributed by atoms with Crippen LogP contribution in [-0.4, -0.2) is 23.9 Å². The van der Waals surface area contributed by atoms with E-state index in [1.165, 1.54) is 4.90 Å². The molecule has 1 aliphatic heterocycles. The van der Waals surface area contributed by atoms with Crippen molar-refractivity contribution in [2.24, 2.45) is 0 Å². The van der Waals surface area contributed by atoms with Gasteiger partial charge in [-0.2, -0.15) is 0 Å². The second-order valence-corrected chi connectivity index (χ2v) is 8.14. The highest BCUT2D eigenvalue weighted by molar-refractivity contribution is 6.24. The molecule has 34 heavy (non-hydrogen) atoms. The van der Waals surface area contributed by atoms with Crippen LogP contribution in [0.4, 0.5) is 10.5 Å². The van der Waals surface area contributed by atoms with Crippen molar-refractivity contribution in [1.82, 2.24) is 4.90 Å². The fourth-order valence-electron chi connectivity index (χ4n) is 4.62. The molecule has 1 saturated heterocycles. The predicted molar refractivity (Wildman–Crippen MR) is 132 cm³/mol. The normalized spacial score (nSPS) is 15.0. The highest BCUT2D eigenvalue weighted by Crippen LogP contribution is 2.45. The minimum atomic E-state index is -1.31. The van der Waals surface area contributed by atoms with E-state index in [2.05, 4.69) is 0 Å². The van der Waals surface area contributed by atoms with Crippen molar-refractivity contribution >= 4 is 17.6 Å². The summed E-state index contributed by atoms with van der Waals surface area (Å²) in [6.07, 6.45) is 0. The average Bonchev–Trinajstić information content (AvgIpc) is 3.12. The van der Waals surface area contributed by atoms with E-state index in [0.29, 0.717) is 11.4 Å². The molecule has 3 amide bonds. The maximum absolute atomic E-state index is 14.4. The van der Waals surface area contributed by atoms with Crippen molar-refractivity contribution in [2.75, 3.05) is 12.0 Å². The maximum atomic E-state index is 14.4. The van der Waals surface area contributed by atoms with Gasteiger partial charge in [0.05, 0.1) is 12.8 Å². The van der Waals surface area contributed by atoms with Crippen LogP contribution < -0.4 is 9.64 Å². The summed E-state index contributed by atoms with van der Waals surface area (Å²) in [5, 5.41) is 0. The molecule has 1 aliphatic rings. The molecule has 4 aromatic carbocycles. The van der Waals surface area contributed by atoms with Gasteiger partial charge in [-0.3, -0.25) is 9.69 Å². The van der Waals surface area contributed by atoms with Gasteiger partial charge in [-0.25, -0.2) is 9.69 Å². The van der Waals surface area contributed by atoms with E-state index < -0.39 is 5.54 Å². The van der Waals surface area contributed by atoms with Gasteiger partial charge in [0.1, 0.15) is 5.75 Å². The Morgan fingerprint density at radius 2 is 1.18 bits per heavy atom. The molecular weight excluding hydrogens is 424 g/mol. The lowest BCUT2D eigenvalue weighted by Crippen LogP contribution is -2.47. The first-order valence-electron chi connectivity index (χ1n) is 11.1. The van der Waals surface area contributed by atoms with Gasteiger partial charge in [-0.15, -0.1) is 0 Å². The van der Waals surface area contributed by atoms with Crippen molar-refractivity contribution in [2.45, 2.75) is 12.1 Å². The molecule has 168 valence electrons. The summed E-state index contributed by atoms with van der Waals surface area (Å²) in [5.41, 5.74) is 1.62. The van der Waals surface area contributed by atoms with Gasteiger partial charge in [-0.1, -0.05) is 91.0 Å². The number of carbonyl (C=O) groups excluding carboxylic acids is 2. The average molecular weight is 449 g/mol. The van der Waals surface area contributed by atoms with Crippen LogP contribution in [0.15, 0.2) is 115 Å². The molecule has 0 aromatic heterocycles. The Morgan fingerprint density at radius 3 is 1.68 bits per heavy atom. The quantitative estimate of drug-likeness (QED) is 0.361. The lowest BCUT2D eigenvalue weighted by atomic mass is 9.81. The van der Waals surface area contributed by atoms with Gasteiger partial charge in [-0.05, 0) is 41.0 Å². The number of imide groups is 1. The molecule has 5 heteroatoms. The molecule has 1 heterocycles. The molecule has 5 rings (SSSR count). The molecule has 0 unspecified atom stereocenters. The zero-order valence-electron chi connectivity index (χ0n) is 18.8. The van der Waals surface area contributed by atoms with Crippen LogP contribution in [0.5, 0.6) is 5.75 Å². The van der Waals surface area contributed by atoms with Crippen LogP contribution in [-0.2, 0) is 16.9 Å². The van der Waals surface area contributed by atoms with Crippen LogP contribution in [0.25, 0.3) is 0 Å². The van der Waals surface area contributed by atoms with Crippen LogP contribution in [0.2, 0.25) is 0 Å². The summed E-state index contributed by atoms with van der Waals surface area (Å²) >= 11 is 0. The van der Waals surface area contributed by atoms with Gasteiger partial charge in [0.15, 0.2) is 5.54 Å². The predicted octanol–water partition coefficient (Wildman–Crippen LogP) is 5.61. The molecule has 0 spiro atoms. The van der Waals surface area contributed by atoms with E-state index in [0.717, 1.165) is 16.7 Å². The van der Waals surface area contributed by atoms with Crippen molar-refractivity contribution in [3.05, 3.63) is 132 Å². The fraction of sp³-hybridized carbons (Fsp3) is 0.103. The summed E-state index contributed by atoms with van der Waals surface area (Å²) < 4.78 is 5.27. The third-order valence-corrected chi connectivity index (χ3v) is 6.24. The molecule has 0 radical (unpaired) electrons. The topological polar surface area (TPSA) is 49.9 Å². The molecule has 0 atom stereocenters. The number of ether oxygens (including phenoxy) is 1. The molecular formula is C29H24N2O3. The van der Waals surface area contributed by atoms with E-state index in [1.807, 2.05) is 91.0 Å². The molecule has 0 aliphatic carbocycles. The molecule has 0 saturated carbocycles. The third kappa shape index (κ3) is 3.42. The van der Waals surface area contributed by atoms with E-state index in [4.69, 9.17) is 4.74 Å². The zero-order valence-corrected chi connectivity index (χ0v) is 18.8. The monoisotopic (exact) mass is 448 g/mol. The van der Waals surface area contributed by atoms with Gasteiger partial charge in [0.25, 0.3) is 5.91 Å². The van der Waals surface area contributed by atoms with E-state index in [1.54, 1.807) is 36.3 Å². The summed E-state index contributed by atoms with van der Waals surface area (Å²) in [4.78, 5) is 31.4. The first kappa shape index (κ1) is 21.5. The second-order valence-electron chi connectivity index (χ2n) is 8.14. The summed E-state index contributed by atoms with van der Waals surface area (Å²) in [6.45, 7) is 0.280. The number of benzene rings is 4. The Morgan fingerprint density at radius 1 is 0.676 bits per heavy atom. The van der Waals surface area contributed by atoms with Gasteiger partial charge < -0.3 is 4.74 Å². The largest absolute Gasteiger partial charge is 0.497 e. The number of anilines is 1. The van der Waals surface area contributed by atoms with Crippen molar-refractivity contribution in [1.29, 1.82) is 0 Å². The highest BCUT2D eigenvalue weighted by Gasteiger charge is 2.59. The Bertz CT molecular complexity index is 1250. The Balaban J connectivity index is 1.74. The third-order valence-electron chi connectivity index (χ3n) is 6.24. The van der Waals surface area contributed by atoms with E-state index >= 15 is 0 Å². The number of rotatable bonds is 6. The SMILES string of the molecule is COc1ccc(N2C(=O)N(Cc3ccccc3)C(c3ccccc3)(c3ccccc3)C2=O)cc1. The van der Waals surface area contributed by atoms with Gasteiger partial charge in [0.2, 0.25) is 0 Å². The molecule has 5 nitrogen and oxygen atoms in total. The van der Waals surface area contributed by atoms with Crippen molar-refractivity contribution in [3.63, 3.8) is 0 Å². The number of hydrogen-bond acceptors (Lipinski definition) is 3. The molecule has 0 N–H and O–H groups in total. The number of nitrogens with zero attached hydrogens (tertiary/aromatic N) is 2. The number of carbonyl (C=O) groups is 2. The van der Waals surface area contributed by atoms with Crippen LogP contribution in [0.3, 0.4) is 0 Å². The number of methoxy groups -OCH3 is 1. The van der Waals surface area contributed by atoms with Crippen molar-refractivity contribution < 1.29 is 14.3 Å². The molecule has 0 bridgehead atoms. The lowest BCUT2D eigenvalue weighted by molar-refractivity contribution is -0.123. The summed E-state index contributed by atoms with van der Waals surface area (Å²) in [6, 6.07) is 35.4. The second kappa shape index (κ2) is 8.87. The Hall–Kier alpha value is -4.38. The van der Waals surface area contributed by atoms with Crippen LogP contribution in [0.1, 0.15) is 16.7 Å². The molecule has 1 fully saturated rings. The Labute approximate surface area is 198 Å². The lowest BCUT2D eigenvalue weighted by Gasteiger charge is -2.36. The zero-order chi connectivity index (χ0) is 23.5. The van der Waals surface area contributed by atoms with E-state index in [9.17, 15) is 9.59 Å². The van der Waals surface area contributed by atoms with Crippen LogP contribution >= 0.6 is 0 Å². The standard InChI is InChI=1S/C29H24N2O3/c1-34-26-19-17-25(18-20-26)31-27(32)29(23-13-7-3-8-14-23,24-15-9-4-10-16-24)30(28(31)33)21-22-11-5-2-6-12-22/h2-20H,21H2,1H3. The number of hydrogen-bond donors (Lipinski definition) is 0. The highest BCUT2D eigenvalue weighted by atomic mass is 16.5. The fourth-order valence-corrected chi connectivity index (χ4v) is 4.62.